The van der Waals surface area contributed by atoms with E-state index in [1.807, 2.05) is 30.3 Å². The molecule has 2 heterocycles. The molecule has 4 amide bonds. The van der Waals surface area contributed by atoms with Crippen LogP contribution in [0.1, 0.15) is 76.2 Å². The second kappa shape index (κ2) is 17.1. The summed E-state index contributed by atoms with van der Waals surface area (Å²) >= 11 is 0. The monoisotopic (exact) mass is 583 g/mol. The van der Waals surface area contributed by atoms with Crippen molar-refractivity contribution >= 4 is 35.4 Å². The topological polar surface area (TPSA) is 189 Å². The van der Waals surface area contributed by atoms with E-state index in [0.717, 1.165) is 24.8 Å². The number of amides is 4. The van der Waals surface area contributed by atoms with Crippen molar-refractivity contribution in [3.8, 4) is 0 Å². The summed E-state index contributed by atoms with van der Waals surface area (Å²) in [6, 6.07) is 7.05. The molecule has 42 heavy (non-hydrogen) atoms. The summed E-state index contributed by atoms with van der Waals surface area (Å²) in [5, 5.41) is 8.33. The van der Waals surface area contributed by atoms with Crippen LogP contribution >= 0.6 is 0 Å². The van der Waals surface area contributed by atoms with Gasteiger partial charge in [-0.1, -0.05) is 49.6 Å². The number of nitrogens with two attached hydrogens (primary N) is 2. The number of ketones is 1. The number of aliphatic imine (C=N–C) groups is 1. The summed E-state index contributed by atoms with van der Waals surface area (Å²) < 4.78 is 0. The fourth-order valence-corrected chi connectivity index (χ4v) is 5.41. The molecule has 1 aromatic carbocycles. The van der Waals surface area contributed by atoms with Crippen molar-refractivity contribution in [2.45, 2.75) is 95.2 Å². The highest BCUT2D eigenvalue weighted by Gasteiger charge is 2.39. The first-order valence-electron chi connectivity index (χ1n) is 15.1. The molecule has 2 fully saturated rings. The number of rotatable bonds is 7. The number of guanidine groups is 1. The largest absolute Gasteiger partial charge is 0.370 e. The number of hydrogen-bond acceptors (Lipinski definition) is 6. The summed E-state index contributed by atoms with van der Waals surface area (Å²) in [5.74, 6) is -2.58. The normalized spacial score (nSPS) is 23.5. The van der Waals surface area contributed by atoms with Gasteiger partial charge < -0.3 is 32.3 Å². The van der Waals surface area contributed by atoms with Crippen molar-refractivity contribution in [1.29, 1.82) is 0 Å². The van der Waals surface area contributed by atoms with Crippen LogP contribution < -0.4 is 27.4 Å². The summed E-state index contributed by atoms with van der Waals surface area (Å²) in [6.45, 7) is 0.937. The lowest BCUT2D eigenvalue weighted by Crippen LogP contribution is -2.56. The van der Waals surface area contributed by atoms with Gasteiger partial charge in [0, 0.05) is 26.1 Å². The molecule has 12 heteroatoms. The third-order valence-electron chi connectivity index (χ3n) is 7.70. The number of carbonyl (C=O) groups is 5. The Labute approximate surface area is 247 Å². The minimum atomic E-state index is -1.08. The summed E-state index contributed by atoms with van der Waals surface area (Å²) in [4.78, 5) is 71.3. The van der Waals surface area contributed by atoms with Gasteiger partial charge in [-0.05, 0) is 56.9 Å². The first-order valence-corrected chi connectivity index (χ1v) is 15.1. The number of carbonyl (C=O) groups excluding carboxylic acids is 5. The number of benzene rings is 1. The maximum atomic E-state index is 13.8. The number of aryl methyl sites for hydroxylation is 1. The van der Waals surface area contributed by atoms with E-state index >= 15 is 0 Å². The molecule has 2 aliphatic heterocycles. The molecule has 7 N–H and O–H groups in total. The van der Waals surface area contributed by atoms with Crippen molar-refractivity contribution in [1.82, 2.24) is 20.9 Å². The van der Waals surface area contributed by atoms with Crippen LogP contribution in [0.25, 0.3) is 0 Å². The molecule has 2 aliphatic rings. The second-order valence-electron chi connectivity index (χ2n) is 11.0. The van der Waals surface area contributed by atoms with Gasteiger partial charge in [0.25, 0.3) is 5.91 Å². The lowest BCUT2D eigenvalue weighted by atomic mass is 10.0. The zero-order valence-electron chi connectivity index (χ0n) is 24.3. The molecular formula is C30H45N7O5. The third kappa shape index (κ3) is 10.5. The smallest absolute Gasteiger partial charge is 0.289 e. The Bertz CT molecular complexity index is 1110. The van der Waals surface area contributed by atoms with Gasteiger partial charge in [0.2, 0.25) is 23.5 Å². The van der Waals surface area contributed by atoms with Crippen molar-refractivity contribution < 1.29 is 24.0 Å². The van der Waals surface area contributed by atoms with E-state index in [-0.39, 0.29) is 30.7 Å². The molecule has 3 atom stereocenters. The molecule has 0 aliphatic carbocycles. The molecule has 0 aromatic heterocycles. The Balaban J connectivity index is 1.80. The first kappa shape index (κ1) is 32.6. The van der Waals surface area contributed by atoms with Gasteiger partial charge in [-0.2, -0.15) is 0 Å². The Morgan fingerprint density at radius 1 is 0.881 bits per heavy atom. The zero-order chi connectivity index (χ0) is 30.3. The van der Waals surface area contributed by atoms with Gasteiger partial charge in [0.15, 0.2) is 5.96 Å². The summed E-state index contributed by atoms with van der Waals surface area (Å²) in [6.07, 6.45) is 6.77. The van der Waals surface area contributed by atoms with E-state index in [9.17, 15) is 24.0 Å². The minimum absolute atomic E-state index is 0.0855. The fraction of sp³-hybridized carbons (Fsp3) is 0.600. The van der Waals surface area contributed by atoms with Crippen LogP contribution in [-0.4, -0.2) is 78.0 Å². The fourth-order valence-electron chi connectivity index (χ4n) is 5.41. The second-order valence-corrected chi connectivity index (χ2v) is 11.0. The van der Waals surface area contributed by atoms with E-state index in [0.29, 0.717) is 64.5 Å². The molecule has 3 rings (SSSR count). The van der Waals surface area contributed by atoms with Crippen LogP contribution in [0.5, 0.6) is 0 Å². The van der Waals surface area contributed by atoms with E-state index < -0.39 is 35.7 Å². The Hall–Kier alpha value is -3.96. The molecule has 1 aromatic rings. The highest BCUT2D eigenvalue weighted by molar-refractivity contribution is 6.38. The Morgan fingerprint density at radius 3 is 2.38 bits per heavy atom. The van der Waals surface area contributed by atoms with Crippen molar-refractivity contribution in [3.63, 3.8) is 0 Å². The predicted octanol–water partition coefficient (Wildman–Crippen LogP) is 0.673. The van der Waals surface area contributed by atoms with Crippen molar-refractivity contribution in [2.75, 3.05) is 19.6 Å². The summed E-state index contributed by atoms with van der Waals surface area (Å²) in [5.41, 5.74) is 11.8. The minimum Gasteiger partial charge on any atom is -0.370 e. The average Bonchev–Trinajstić information content (AvgIpc) is 3.47. The predicted molar refractivity (Wildman–Crippen MR) is 159 cm³/mol. The maximum Gasteiger partial charge on any atom is 0.289 e. The SMILES string of the molecule is NC(N)=NCCC[C@@H]1NC(=O)[C@@H]2CCCN2C(=O)[C@@H](CCc2ccccc2)NC(=O)CCCCCCCNC(=O)C1=O. The van der Waals surface area contributed by atoms with Crippen molar-refractivity contribution in [3.05, 3.63) is 35.9 Å². The quantitative estimate of drug-likeness (QED) is 0.135. The van der Waals surface area contributed by atoms with Gasteiger partial charge in [-0.15, -0.1) is 0 Å². The molecule has 0 bridgehead atoms. The van der Waals surface area contributed by atoms with Crippen LogP contribution in [-0.2, 0) is 30.4 Å². The number of hydrogen-bond donors (Lipinski definition) is 5. The van der Waals surface area contributed by atoms with E-state index in [2.05, 4.69) is 20.9 Å². The van der Waals surface area contributed by atoms with Gasteiger partial charge in [0.05, 0.1) is 6.04 Å². The van der Waals surface area contributed by atoms with Gasteiger partial charge in [-0.25, -0.2) is 0 Å². The number of Topliss-reactive ketones (excluding diaryl/α,β-unsaturated/α-hetero) is 1. The molecule has 2 saturated heterocycles. The molecule has 0 unspecified atom stereocenters. The van der Waals surface area contributed by atoms with Crippen LogP contribution in [0.3, 0.4) is 0 Å². The van der Waals surface area contributed by atoms with Gasteiger partial charge in [0.1, 0.15) is 12.1 Å². The van der Waals surface area contributed by atoms with Crippen LogP contribution in [0.4, 0.5) is 0 Å². The number of nitrogens with one attached hydrogen (secondary N) is 3. The third-order valence-corrected chi connectivity index (χ3v) is 7.70. The Kier molecular flexibility index (Phi) is 13.3. The highest BCUT2D eigenvalue weighted by atomic mass is 16.2. The van der Waals surface area contributed by atoms with Gasteiger partial charge in [-0.3, -0.25) is 29.0 Å². The number of nitrogens with zero attached hydrogens (tertiary/aromatic N) is 2. The average molecular weight is 584 g/mol. The highest BCUT2D eigenvalue weighted by Crippen LogP contribution is 2.21. The van der Waals surface area contributed by atoms with Crippen molar-refractivity contribution in [2.24, 2.45) is 16.5 Å². The summed E-state index contributed by atoms with van der Waals surface area (Å²) in [7, 11) is 0. The number of fused-ring (bicyclic) bond motifs is 1. The molecule has 0 spiro atoms. The Morgan fingerprint density at radius 2 is 1.62 bits per heavy atom. The van der Waals surface area contributed by atoms with Crippen LogP contribution in [0, 0.1) is 0 Å². The lowest BCUT2D eigenvalue weighted by molar-refractivity contribution is -0.143. The van der Waals surface area contributed by atoms with E-state index in [1.54, 1.807) is 0 Å². The molecule has 230 valence electrons. The molecule has 0 radical (unpaired) electrons. The maximum absolute atomic E-state index is 13.8. The zero-order valence-corrected chi connectivity index (χ0v) is 24.3. The lowest BCUT2D eigenvalue weighted by Gasteiger charge is -2.30. The van der Waals surface area contributed by atoms with Gasteiger partial charge >= 0.3 is 0 Å². The molecule has 0 saturated carbocycles. The van der Waals surface area contributed by atoms with Crippen LogP contribution in [0.15, 0.2) is 35.3 Å². The first-order chi connectivity index (χ1) is 20.3. The van der Waals surface area contributed by atoms with Crippen LogP contribution in [0.2, 0.25) is 0 Å². The van der Waals surface area contributed by atoms with E-state index in [1.165, 1.54) is 4.90 Å². The molecular weight excluding hydrogens is 538 g/mol. The van der Waals surface area contributed by atoms with E-state index in [4.69, 9.17) is 11.5 Å². The molecule has 12 nitrogen and oxygen atoms in total. The standard InChI is InChI=1S/C30H45N7O5/c31-30(32)34-19-9-13-22-26(39)28(41)33-18-8-3-1-2-7-15-25(38)35-23(17-16-21-11-5-4-6-12-21)29(42)37-20-10-14-24(37)27(40)36-22/h4-6,11-12,22-24H,1-3,7-10,13-20H2,(H,33,41)(H,35,38)(H,36,40)(H4,31,32,34)/t22-,23+,24-/m0/s1.